The summed E-state index contributed by atoms with van der Waals surface area (Å²) in [6.45, 7) is 1.38. The zero-order valence-electron chi connectivity index (χ0n) is 14.6. The van der Waals surface area contributed by atoms with E-state index in [0.29, 0.717) is 35.2 Å². The summed E-state index contributed by atoms with van der Waals surface area (Å²) in [5, 5.41) is 1.39. The van der Waals surface area contributed by atoms with E-state index in [-0.39, 0.29) is 31.0 Å². The summed E-state index contributed by atoms with van der Waals surface area (Å²) in [6, 6.07) is 14.8. The smallest absolute Gasteiger partial charge is 0.290 e. The van der Waals surface area contributed by atoms with Crippen LogP contribution in [0.15, 0.2) is 52.9 Å². The van der Waals surface area contributed by atoms with Crippen molar-refractivity contribution < 1.29 is 13.9 Å². The van der Waals surface area contributed by atoms with Crippen LogP contribution in [-0.4, -0.2) is 29.9 Å². The summed E-state index contributed by atoms with van der Waals surface area (Å²) in [4.78, 5) is 14.7. The predicted molar refractivity (Wildman–Crippen MR) is 108 cm³/mol. The molecule has 0 unspecified atom stereocenters. The van der Waals surface area contributed by atoms with Gasteiger partial charge in [0, 0.05) is 30.1 Å². The van der Waals surface area contributed by atoms with Crippen LogP contribution in [0.25, 0.3) is 11.0 Å². The number of benzene rings is 2. The second-order valence-electron chi connectivity index (χ2n) is 6.42. The number of para-hydroxylation sites is 2. The van der Waals surface area contributed by atoms with E-state index in [1.54, 1.807) is 17.0 Å². The highest BCUT2D eigenvalue weighted by molar-refractivity contribution is 6.32. The predicted octanol–water partition coefficient (Wildman–Crippen LogP) is 4.26. The zero-order valence-corrected chi connectivity index (χ0v) is 16.1. The molecule has 4 rings (SSSR count). The molecule has 0 radical (unpaired) electrons. The van der Waals surface area contributed by atoms with Gasteiger partial charge in [0.05, 0.1) is 5.02 Å². The van der Waals surface area contributed by atoms with Crippen molar-refractivity contribution in [3.05, 3.63) is 64.9 Å². The van der Waals surface area contributed by atoms with E-state index in [0.717, 1.165) is 17.4 Å². The molecule has 7 heteroatoms. The lowest BCUT2D eigenvalue weighted by atomic mass is 10.1. The molecule has 2 aromatic carbocycles. The molecule has 27 heavy (non-hydrogen) atoms. The van der Waals surface area contributed by atoms with Crippen LogP contribution in [0.1, 0.15) is 22.5 Å². The third kappa shape index (κ3) is 3.90. The summed E-state index contributed by atoms with van der Waals surface area (Å²) in [5.41, 5.74) is 7.33. The molecule has 3 aromatic rings. The molecule has 1 amide bonds. The number of carbonyl (C=O) groups excluding carboxylic acids is 1. The van der Waals surface area contributed by atoms with Gasteiger partial charge in [-0.2, -0.15) is 0 Å². The lowest BCUT2D eigenvalue weighted by Crippen LogP contribution is -2.32. The van der Waals surface area contributed by atoms with Gasteiger partial charge in [-0.05, 0) is 24.6 Å². The van der Waals surface area contributed by atoms with E-state index >= 15 is 0 Å². The quantitative estimate of drug-likeness (QED) is 0.702. The molecule has 142 valence electrons. The minimum Gasteiger partial charge on any atom is -0.487 e. The van der Waals surface area contributed by atoms with Crippen LogP contribution in [0.2, 0.25) is 5.02 Å². The average molecular weight is 407 g/mol. The first-order valence-corrected chi connectivity index (χ1v) is 8.94. The molecule has 1 aliphatic heterocycles. The fourth-order valence-electron chi connectivity index (χ4n) is 3.24. The van der Waals surface area contributed by atoms with Crippen molar-refractivity contribution in [2.75, 3.05) is 13.1 Å². The maximum Gasteiger partial charge on any atom is 0.290 e. The van der Waals surface area contributed by atoms with Gasteiger partial charge in [0.2, 0.25) is 0 Å². The molecule has 0 spiro atoms. The highest BCUT2D eigenvalue weighted by Gasteiger charge is 2.30. The Morgan fingerprint density at radius 3 is 2.70 bits per heavy atom. The van der Waals surface area contributed by atoms with Crippen LogP contribution < -0.4 is 10.5 Å². The highest BCUT2D eigenvalue weighted by Crippen LogP contribution is 2.30. The van der Waals surface area contributed by atoms with E-state index in [2.05, 4.69) is 0 Å². The van der Waals surface area contributed by atoms with Gasteiger partial charge in [-0.25, -0.2) is 0 Å². The minimum atomic E-state index is -0.146. The fourth-order valence-corrected chi connectivity index (χ4v) is 3.43. The minimum absolute atomic E-state index is 0. The Hall–Kier alpha value is -2.21. The van der Waals surface area contributed by atoms with Gasteiger partial charge >= 0.3 is 0 Å². The molecule has 1 aliphatic rings. The summed E-state index contributed by atoms with van der Waals surface area (Å²) in [5.74, 6) is 0.736. The Morgan fingerprint density at radius 1 is 1.22 bits per heavy atom. The van der Waals surface area contributed by atoms with Crippen molar-refractivity contribution in [1.29, 1.82) is 0 Å². The topological polar surface area (TPSA) is 68.7 Å². The summed E-state index contributed by atoms with van der Waals surface area (Å²) in [7, 11) is 0. The maximum absolute atomic E-state index is 13.0. The number of ether oxygens (including phenoxy) is 1. The van der Waals surface area contributed by atoms with E-state index < -0.39 is 0 Å². The van der Waals surface area contributed by atoms with Crippen molar-refractivity contribution >= 4 is 40.9 Å². The summed E-state index contributed by atoms with van der Waals surface area (Å²) >= 11 is 6.17. The first-order chi connectivity index (χ1) is 12.6. The van der Waals surface area contributed by atoms with Crippen LogP contribution >= 0.6 is 24.0 Å². The van der Waals surface area contributed by atoms with E-state index in [4.69, 9.17) is 26.5 Å². The monoisotopic (exact) mass is 406 g/mol. The molecule has 1 aromatic heterocycles. The second kappa shape index (κ2) is 8.21. The largest absolute Gasteiger partial charge is 0.487 e. The van der Waals surface area contributed by atoms with Crippen LogP contribution in [0, 0.1) is 0 Å². The first-order valence-electron chi connectivity index (χ1n) is 8.56. The molecule has 1 saturated heterocycles. The van der Waals surface area contributed by atoms with Crippen LogP contribution in [-0.2, 0) is 6.61 Å². The molecular weight excluding hydrogens is 387 g/mol. The highest BCUT2D eigenvalue weighted by atomic mass is 35.5. The first kappa shape index (κ1) is 19.5. The number of halogens is 2. The Balaban J connectivity index is 0.00000210. The molecule has 5 nitrogen and oxygen atoms in total. The van der Waals surface area contributed by atoms with Gasteiger partial charge in [0.15, 0.2) is 5.76 Å². The van der Waals surface area contributed by atoms with Gasteiger partial charge in [-0.15, -0.1) is 12.4 Å². The number of fused-ring (bicyclic) bond motifs is 1. The normalized spacial score (nSPS) is 16.4. The van der Waals surface area contributed by atoms with Crippen molar-refractivity contribution in [2.24, 2.45) is 5.73 Å². The van der Waals surface area contributed by atoms with Crippen molar-refractivity contribution in [2.45, 2.75) is 19.1 Å². The number of amides is 1. The third-order valence-corrected chi connectivity index (χ3v) is 4.93. The Morgan fingerprint density at radius 2 is 1.96 bits per heavy atom. The number of hydrogen-bond donors (Lipinski definition) is 1. The van der Waals surface area contributed by atoms with E-state index in [1.807, 2.05) is 36.4 Å². The van der Waals surface area contributed by atoms with E-state index in [9.17, 15) is 4.79 Å². The number of furan rings is 1. The second-order valence-corrected chi connectivity index (χ2v) is 6.83. The third-order valence-electron chi connectivity index (χ3n) is 4.61. The molecule has 0 saturated carbocycles. The number of nitrogens with two attached hydrogens (primary N) is 1. The maximum atomic E-state index is 13.0. The zero-order chi connectivity index (χ0) is 18.1. The average Bonchev–Trinajstić information content (AvgIpc) is 3.24. The van der Waals surface area contributed by atoms with E-state index in [1.165, 1.54) is 0 Å². The summed E-state index contributed by atoms with van der Waals surface area (Å²) in [6.07, 6.45) is 0.803. The van der Waals surface area contributed by atoms with Gasteiger partial charge < -0.3 is 19.8 Å². The van der Waals surface area contributed by atoms with Crippen LogP contribution in [0.5, 0.6) is 5.75 Å². The molecule has 1 atom stereocenters. The van der Waals surface area contributed by atoms with Crippen molar-refractivity contribution in [3.63, 3.8) is 0 Å². The lowest BCUT2D eigenvalue weighted by Gasteiger charge is -2.15. The number of carbonyl (C=O) groups is 1. The van der Waals surface area contributed by atoms with Gasteiger partial charge in [-0.3, -0.25) is 4.79 Å². The molecule has 2 N–H and O–H groups in total. The standard InChI is InChI=1S/C20H19ClN2O3.ClH/c21-16-6-2-4-8-18(16)25-12-15-14-5-1-3-7-17(14)26-19(15)20(24)23-10-9-13(22)11-23;/h1-8,13H,9-12,22H2;1H/t13-;/m1./s1. The van der Waals surface area contributed by atoms with Gasteiger partial charge in [0.25, 0.3) is 5.91 Å². The van der Waals surface area contributed by atoms with Crippen molar-refractivity contribution in [1.82, 2.24) is 4.90 Å². The number of hydrogen-bond acceptors (Lipinski definition) is 4. The molecule has 1 fully saturated rings. The van der Waals surface area contributed by atoms with Crippen LogP contribution in [0.4, 0.5) is 0 Å². The van der Waals surface area contributed by atoms with Crippen LogP contribution in [0.3, 0.4) is 0 Å². The molecule has 0 bridgehead atoms. The fraction of sp³-hybridized carbons (Fsp3) is 0.250. The molecule has 0 aliphatic carbocycles. The summed E-state index contributed by atoms with van der Waals surface area (Å²) < 4.78 is 11.8. The number of likely N-dealkylation sites (tertiary alicyclic amines) is 1. The number of nitrogens with zero attached hydrogens (tertiary/aromatic N) is 1. The lowest BCUT2D eigenvalue weighted by molar-refractivity contribution is 0.0758. The Labute approximate surface area is 168 Å². The molecule has 2 heterocycles. The Kier molecular flexibility index (Phi) is 5.95. The number of rotatable bonds is 4. The van der Waals surface area contributed by atoms with Crippen molar-refractivity contribution in [3.8, 4) is 5.75 Å². The SMILES string of the molecule is Cl.N[C@@H]1CCN(C(=O)c2oc3ccccc3c2COc2ccccc2Cl)C1. The Bertz CT molecular complexity index is 957. The molecular formula is C20H20Cl2N2O3. The van der Waals surface area contributed by atoms with Gasteiger partial charge in [-0.1, -0.05) is 41.9 Å². The van der Waals surface area contributed by atoms with Gasteiger partial charge in [0.1, 0.15) is 17.9 Å².